The molecule has 2 aliphatic rings. The average molecular weight is 298 g/mol. The van der Waals surface area contributed by atoms with Gasteiger partial charge in [0.05, 0.1) is 6.10 Å². The van der Waals surface area contributed by atoms with Crippen LogP contribution in [0.15, 0.2) is 30.5 Å². The zero-order chi connectivity index (χ0) is 15.2. The van der Waals surface area contributed by atoms with Crippen molar-refractivity contribution < 1.29 is 4.74 Å². The first-order chi connectivity index (χ1) is 10.7. The first-order valence-electron chi connectivity index (χ1n) is 8.58. The summed E-state index contributed by atoms with van der Waals surface area (Å²) in [5.74, 6) is 0.715. The summed E-state index contributed by atoms with van der Waals surface area (Å²) in [6, 6.07) is 9.15. The molecule has 0 amide bonds. The highest BCUT2D eigenvalue weighted by Gasteiger charge is 2.57. The van der Waals surface area contributed by atoms with Gasteiger partial charge in [-0.3, -0.25) is 0 Å². The molecule has 1 saturated heterocycles. The number of fused-ring (bicyclic) bond motifs is 2. The molecule has 2 N–H and O–H groups in total. The van der Waals surface area contributed by atoms with Gasteiger partial charge in [-0.05, 0) is 37.4 Å². The minimum Gasteiger partial charge on any atom is -0.377 e. The number of aromatic nitrogens is 1. The molecule has 0 spiro atoms. The maximum absolute atomic E-state index is 5.99. The number of hydrogen-bond donors (Lipinski definition) is 2. The lowest BCUT2D eigenvalue weighted by Gasteiger charge is -2.60. The quantitative estimate of drug-likeness (QED) is 0.906. The average Bonchev–Trinajstić information content (AvgIpc) is 2.95. The number of benzene rings is 1. The van der Waals surface area contributed by atoms with Crippen LogP contribution in [-0.4, -0.2) is 30.3 Å². The first-order valence-corrected chi connectivity index (χ1v) is 8.58. The molecule has 0 unspecified atom stereocenters. The van der Waals surface area contributed by atoms with Gasteiger partial charge < -0.3 is 15.0 Å². The molecule has 1 aromatic heterocycles. The molecule has 3 nitrogen and oxygen atoms in total. The summed E-state index contributed by atoms with van der Waals surface area (Å²) in [5, 5.41) is 5.18. The summed E-state index contributed by atoms with van der Waals surface area (Å²) < 4.78 is 5.99. The highest BCUT2D eigenvalue weighted by Crippen LogP contribution is 2.51. The van der Waals surface area contributed by atoms with E-state index in [1.165, 1.54) is 29.3 Å². The van der Waals surface area contributed by atoms with Crippen LogP contribution in [0, 0.1) is 11.3 Å². The van der Waals surface area contributed by atoms with E-state index < -0.39 is 0 Å². The predicted octanol–water partition coefficient (Wildman–Crippen LogP) is 3.50. The Morgan fingerprint density at radius 1 is 1.32 bits per heavy atom. The number of H-pyrrole nitrogens is 1. The molecule has 118 valence electrons. The highest BCUT2D eigenvalue weighted by molar-refractivity contribution is 5.83. The molecule has 4 rings (SSSR count). The molecule has 1 aromatic carbocycles. The predicted molar refractivity (Wildman–Crippen MR) is 90.0 cm³/mol. The van der Waals surface area contributed by atoms with E-state index >= 15 is 0 Å². The van der Waals surface area contributed by atoms with Crippen LogP contribution in [0.25, 0.3) is 10.9 Å². The molecular formula is C19H26N2O. The second-order valence-electron chi connectivity index (χ2n) is 7.46. The lowest BCUT2D eigenvalue weighted by Crippen LogP contribution is -2.69. The summed E-state index contributed by atoms with van der Waals surface area (Å²) in [4.78, 5) is 3.37. The van der Waals surface area contributed by atoms with Crippen molar-refractivity contribution >= 4 is 10.9 Å². The van der Waals surface area contributed by atoms with Crippen LogP contribution in [0.3, 0.4) is 0 Å². The van der Waals surface area contributed by atoms with Crippen LogP contribution in [0.1, 0.15) is 32.3 Å². The molecule has 22 heavy (non-hydrogen) atoms. The zero-order valence-electron chi connectivity index (χ0n) is 13.6. The van der Waals surface area contributed by atoms with E-state index in [2.05, 4.69) is 54.6 Å². The third kappa shape index (κ3) is 2.19. The molecule has 3 heteroatoms. The topological polar surface area (TPSA) is 37.0 Å². The van der Waals surface area contributed by atoms with Crippen LogP contribution in [0.2, 0.25) is 0 Å². The van der Waals surface area contributed by atoms with Gasteiger partial charge in [0.2, 0.25) is 0 Å². The Morgan fingerprint density at radius 3 is 3.09 bits per heavy atom. The fourth-order valence-electron chi connectivity index (χ4n) is 4.64. The molecule has 2 fully saturated rings. The van der Waals surface area contributed by atoms with Gasteiger partial charge in [0.25, 0.3) is 0 Å². The first kappa shape index (κ1) is 14.3. The lowest BCUT2D eigenvalue weighted by atomic mass is 9.55. The zero-order valence-corrected chi connectivity index (χ0v) is 13.6. The number of para-hydroxylation sites is 1. The summed E-state index contributed by atoms with van der Waals surface area (Å²) in [5.41, 5.74) is 2.92. The summed E-state index contributed by atoms with van der Waals surface area (Å²) in [6.45, 7) is 6.69. The second kappa shape index (κ2) is 5.39. The van der Waals surface area contributed by atoms with E-state index in [1.54, 1.807) is 0 Å². The Bertz CT molecular complexity index is 660. The Labute approximate surface area is 132 Å². The van der Waals surface area contributed by atoms with Crippen LogP contribution in [0.4, 0.5) is 0 Å². The van der Waals surface area contributed by atoms with E-state index in [-0.39, 0.29) is 5.41 Å². The molecule has 1 aliphatic heterocycles. The number of aromatic amines is 1. The van der Waals surface area contributed by atoms with Gasteiger partial charge in [0, 0.05) is 41.1 Å². The van der Waals surface area contributed by atoms with Gasteiger partial charge in [-0.1, -0.05) is 32.0 Å². The van der Waals surface area contributed by atoms with Crippen molar-refractivity contribution in [1.29, 1.82) is 0 Å². The standard InChI is InChI=1S/C19H26N2O/c1-19(2)17(15-7-5-11-22-18(15)19)20-10-9-13-12-21-16-8-4-3-6-14(13)16/h3-4,6,8,12,15,17-18,20-21H,5,7,9-11H2,1-2H3/t15-,17+,18-/m0/s1. The molecule has 3 atom stereocenters. The van der Waals surface area contributed by atoms with E-state index in [0.29, 0.717) is 18.1 Å². The molecule has 1 saturated carbocycles. The van der Waals surface area contributed by atoms with Gasteiger partial charge in [0.15, 0.2) is 0 Å². The fourth-order valence-corrected chi connectivity index (χ4v) is 4.64. The molecule has 0 radical (unpaired) electrons. The SMILES string of the molecule is CC1(C)[C@H](NCCc2c[nH]c3ccccc23)[C@@H]2CCCO[C@@H]21. The maximum Gasteiger partial charge on any atom is 0.0684 e. The van der Waals surface area contributed by atoms with Gasteiger partial charge in [0.1, 0.15) is 0 Å². The second-order valence-corrected chi connectivity index (χ2v) is 7.46. The highest BCUT2D eigenvalue weighted by atomic mass is 16.5. The van der Waals surface area contributed by atoms with E-state index in [9.17, 15) is 0 Å². The van der Waals surface area contributed by atoms with Crippen LogP contribution < -0.4 is 5.32 Å². The molecular weight excluding hydrogens is 272 g/mol. The molecule has 0 bridgehead atoms. The van der Waals surface area contributed by atoms with Crippen molar-refractivity contribution in [2.24, 2.45) is 11.3 Å². The lowest BCUT2D eigenvalue weighted by molar-refractivity contribution is -0.192. The number of hydrogen-bond acceptors (Lipinski definition) is 2. The monoisotopic (exact) mass is 298 g/mol. The minimum absolute atomic E-state index is 0.269. The van der Waals surface area contributed by atoms with E-state index in [4.69, 9.17) is 4.74 Å². The number of nitrogens with one attached hydrogen (secondary N) is 2. The Hall–Kier alpha value is -1.32. The third-order valence-electron chi connectivity index (χ3n) is 5.76. The number of ether oxygens (including phenoxy) is 1. The summed E-state index contributed by atoms with van der Waals surface area (Å²) in [6.07, 6.45) is 6.24. The fraction of sp³-hybridized carbons (Fsp3) is 0.579. The Morgan fingerprint density at radius 2 is 2.18 bits per heavy atom. The van der Waals surface area contributed by atoms with Gasteiger partial charge in [-0.2, -0.15) is 0 Å². The van der Waals surface area contributed by atoms with Crippen molar-refractivity contribution in [3.8, 4) is 0 Å². The van der Waals surface area contributed by atoms with Crippen LogP contribution >= 0.6 is 0 Å². The molecule has 1 aliphatic carbocycles. The Balaban J connectivity index is 1.39. The summed E-state index contributed by atoms with van der Waals surface area (Å²) >= 11 is 0. The minimum atomic E-state index is 0.269. The number of rotatable bonds is 4. The van der Waals surface area contributed by atoms with Crippen LogP contribution in [-0.2, 0) is 11.2 Å². The van der Waals surface area contributed by atoms with Crippen molar-refractivity contribution in [3.05, 3.63) is 36.0 Å². The van der Waals surface area contributed by atoms with Gasteiger partial charge >= 0.3 is 0 Å². The van der Waals surface area contributed by atoms with Gasteiger partial charge in [-0.25, -0.2) is 0 Å². The maximum atomic E-state index is 5.99. The van der Waals surface area contributed by atoms with Crippen molar-refractivity contribution in [3.63, 3.8) is 0 Å². The Kier molecular flexibility index (Phi) is 3.50. The summed E-state index contributed by atoms with van der Waals surface area (Å²) in [7, 11) is 0. The normalized spacial score (nSPS) is 30.0. The van der Waals surface area contributed by atoms with Crippen molar-refractivity contribution in [2.75, 3.05) is 13.2 Å². The van der Waals surface area contributed by atoms with Gasteiger partial charge in [-0.15, -0.1) is 0 Å². The smallest absolute Gasteiger partial charge is 0.0684 e. The third-order valence-corrected chi connectivity index (χ3v) is 5.76. The molecule has 2 aromatic rings. The van der Waals surface area contributed by atoms with E-state index in [1.807, 2.05) is 0 Å². The van der Waals surface area contributed by atoms with Crippen molar-refractivity contribution in [2.45, 2.75) is 45.3 Å². The van der Waals surface area contributed by atoms with Crippen molar-refractivity contribution in [1.82, 2.24) is 10.3 Å². The van der Waals surface area contributed by atoms with E-state index in [0.717, 1.165) is 19.6 Å². The van der Waals surface area contributed by atoms with Crippen LogP contribution in [0.5, 0.6) is 0 Å². The largest absolute Gasteiger partial charge is 0.377 e. The molecule has 2 heterocycles.